The molecule has 0 radical (unpaired) electrons. The molecule has 46 heavy (non-hydrogen) atoms. The number of aromatic nitrogens is 7. The van der Waals surface area contributed by atoms with Crippen molar-refractivity contribution >= 4 is 65.6 Å². The predicted molar refractivity (Wildman–Crippen MR) is 159 cm³/mol. The number of nitrogens with one attached hydrogen (secondary N) is 1. The third-order valence-corrected chi connectivity index (χ3v) is 10.9. The lowest BCUT2D eigenvalue weighted by molar-refractivity contribution is -0.0486. The fourth-order valence-electron chi connectivity index (χ4n) is 5.63. The predicted octanol–water partition coefficient (Wildman–Crippen LogP) is 0.264. The number of aliphatic hydroxyl groups excluding tert-OH is 2. The first-order chi connectivity index (χ1) is 21.8. The first kappa shape index (κ1) is 32.1. The zero-order valence-corrected chi connectivity index (χ0v) is 26.5. The molecule has 0 saturated carbocycles. The van der Waals surface area contributed by atoms with Crippen molar-refractivity contribution < 1.29 is 51.6 Å². The van der Waals surface area contributed by atoms with Gasteiger partial charge >= 0.3 is 13.5 Å². The summed E-state index contributed by atoms with van der Waals surface area (Å²) in [5, 5.41) is 22.1. The van der Waals surface area contributed by atoms with Gasteiger partial charge in [-0.15, -0.1) is 0 Å². The summed E-state index contributed by atoms with van der Waals surface area (Å²) in [4.78, 5) is 41.7. The van der Waals surface area contributed by atoms with Crippen molar-refractivity contribution in [3.05, 3.63) is 41.3 Å². The second-order valence-corrected chi connectivity index (χ2v) is 16.2. The molecule has 6 N–H and O–H groups in total. The monoisotopic (exact) mass is 722 g/mol. The molecule has 3 aliphatic heterocycles. The minimum atomic E-state index is -4.32. The summed E-state index contributed by atoms with van der Waals surface area (Å²) in [6.45, 7) is -9.44. The largest absolute Gasteiger partial charge is 0.387 e. The Hall–Kier alpha value is -2.43. The van der Waals surface area contributed by atoms with Crippen molar-refractivity contribution in [2.45, 2.75) is 55.5 Å². The molecule has 2 unspecified atom stereocenters. The number of rotatable bonds is 2. The van der Waals surface area contributed by atoms with Gasteiger partial charge in [-0.2, -0.15) is 0 Å². The van der Waals surface area contributed by atoms with Gasteiger partial charge in [0.25, 0.3) is 5.56 Å². The highest BCUT2D eigenvalue weighted by molar-refractivity contribution is 8.44. The summed E-state index contributed by atoms with van der Waals surface area (Å²) in [7, 11) is 0. The van der Waals surface area contributed by atoms with Crippen LogP contribution in [0.15, 0.2) is 30.0 Å². The summed E-state index contributed by atoms with van der Waals surface area (Å²) in [6.07, 6.45) is -6.48. The van der Waals surface area contributed by atoms with Gasteiger partial charge in [-0.05, 0) is 11.8 Å². The molecule has 0 aromatic carbocycles. The smallest absolute Gasteiger partial charge is 0.386 e. The molecule has 0 spiro atoms. The minimum absolute atomic E-state index is 0.0893. The maximum atomic E-state index is 14.8. The molecule has 10 atom stereocenters. The standard InChI is InChI=1S/C22H25FN8O11P2S2/c23-8-3-30(18-11(8)20(34)28-6-26-18)22-16-13(32)10(40-22)4-38-44(36,46)41-15-9(1-2-37-43(35,45)42-16)39-21(14(15)33)31-7-29-12-17(24)25-5-27-19(12)31/h3,5-7,9-10,13-16,21-22,32-33H,1-2,4H2,(H,35,45)(H,36,46)(H2,24,25,27)(H,26,28,34)/t9-,10-,13-,14-,15-,16-,21-,22-,43?,44?/m1/s1. The molecule has 3 aliphatic rings. The number of anilines is 1. The lowest BCUT2D eigenvalue weighted by Crippen LogP contribution is -2.37. The van der Waals surface area contributed by atoms with E-state index >= 15 is 0 Å². The SMILES string of the molecule is Nc1ncnc2c1ncn2[C@@H]1O[C@@H]2CCOP(O)(=S)O[C@@H]3[C@H](O)[C@@H](COP(=O)(S)O[C@H]2[C@H]1O)O[C@H]3n1cc(F)c2c(=O)[nH]cnc21. The van der Waals surface area contributed by atoms with Crippen LogP contribution in [0, 0.1) is 5.82 Å². The van der Waals surface area contributed by atoms with Gasteiger partial charge in [0, 0.05) is 12.6 Å². The maximum Gasteiger partial charge on any atom is 0.386 e. The van der Waals surface area contributed by atoms with Crippen molar-refractivity contribution in [3.8, 4) is 0 Å². The number of fused-ring (bicyclic) bond motifs is 5. The number of H-pyrrole nitrogens is 1. The van der Waals surface area contributed by atoms with Gasteiger partial charge in [0.05, 0.1) is 32.0 Å². The molecule has 24 heteroatoms. The van der Waals surface area contributed by atoms with Gasteiger partial charge in [0.1, 0.15) is 47.8 Å². The highest BCUT2D eigenvalue weighted by Gasteiger charge is 2.52. The second-order valence-electron chi connectivity index (χ2n) is 10.5. The fourth-order valence-corrected chi connectivity index (χ4v) is 8.57. The van der Waals surface area contributed by atoms with E-state index in [0.717, 1.165) is 17.1 Å². The Kier molecular flexibility index (Phi) is 8.32. The molecule has 19 nitrogen and oxygen atoms in total. The summed E-state index contributed by atoms with van der Waals surface area (Å²) in [6, 6.07) is 0. The molecule has 0 aliphatic carbocycles. The van der Waals surface area contributed by atoms with Crippen LogP contribution in [0.3, 0.4) is 0 Å². The number of aromatic amines is 1. The van der Waals surface area contributed by atoms with Crippen LogP contribution in [-0.4, -0.2) is 99.0 Å². The number of aliphatic hydroxyl groups is 2. The lowest BCUT2D eigenvalue weighted by atomic mass is 10.1. The topological polar surface area (TPSA) is 253 Å². The minimum Gasteiger partial charge on any atom is -0.387 e. The number of nitrogens with two attached hydrogens (primary N) is 1. The van der Waals surface area contributed by atoms with Gasteiger partial charge in [-0.1, -0.05) is 12.2 Å². The quantitative estimate of drug-likeness (QED) is 0.120. The van der Waals surface area contributed by atoms with Crippen molar-refractivity contribution in [1.29, 1.82) is 0 Å². The molecule has 4 aromatic rings. The Balaban J connectivity index is 1.18. The molecule has 3 saturated heterocycles. The van der Waals surface area contributed by atoms with E-state index in [2.05, 4.69) is 37.2 Å². The zero-order valence-electron chi connectivity index (χ0n) is 23.0. The van der Waals surface area contributed by atoms with Crippen LogP contribution in [0.5, 0.6) is 0 Å². The number of imidazole rings is 1. The summed E-state index contributed by atoms with van der Waals surface area (Å²) in [5.41, 5.74) is 5.46. The number of halogens is 1. The molecule has 7 heterocycles. The van der Waals surface area contributed by atoms with Crippen LogP contribution >= 0.6 is 25.8 Å². The third-order valence-electron chi connectivity index (χ3n) is 7.70. The average molecular weight is 723 g/mol. The first-order valence-electron chi connectivity index (χ1n) is 13.5. The van der Waals surface area contributed by atoms with E-state index in [0.29, 0.717) is 0 Å². The Morgan fingerprint density at radius 1 is 1.04 bits per heavy atom. The third kappa shape index (κ3) is 5.70. The first-order valence-corrected chi connectivity index (χ1v) is 18.8. The van der Waals surface area contributed by atoms with Crippen LogP contribution < -0.4 is 11.3 Å². The lowest BCUT2D eigenvalue weighted by Gasteiger charge is -2.28. The summed E-state index contributed by atoms with van der Waals surface area (Å²) >= 11 is 9.28. The Bertz CT molecular complexity index is 1970. The Morgan fingerprint density at radius 3 is 2.63 bits per heavy atom. The van der Waals surface area contributed by atoms with Crippen molar-refractivity contribution in [1.82, 2.24) is 34.1 Å². The van der Waals surface area contributed by atoms with Crippen molar-refractivity contribution in [3.63, 3.8) is 0 Å². The normalized spacial score (nSPS) is 37.4. The van der Waals surface area contributed by atoms with Gasteiger partial charge in [-0.25, -0.2) is 28.9 Å². The van der Waals surface area contributed by atoms with Gasteiger partial charge in [-0.3, -0.25) is 22.9 Å². The summed E-state index contributed by atoms with van der Waals surface area (Å²) in [5.74, 6) is -0.842. The molecule has 2 bridgehead atoms. The maximum absolute atomic E-state index is 14.8. The highest BCUT2D eigenvalue weighted by atomic mass is 32.7. The fraction of sp³-hybridized carbons (Fsp3) is 0.500. The van der Waals surface area contributed by atoms with E-state index in [1.165, 1.54) is 17.2 Å². The van der Waals surface area contributed by atoms with Crippen LogP contribution in [0.1, 0.15) is 18.9 Å². The van der Waals surface area contributed by atoms with Gasteiger partial charge < -0.3 is 44.4 Å². The van der Waals surface area contributed by atoms with Crippen LogP contribution in [0.4, 0.5) is 10.2 Å². The average Bonchev–Trinajstić information content (AvgIpc) is 3.73. The van der Waals surface area contributed by atoms with Crippen molar-refractivity contribution in [2.75, 3.05) is 18.9 Å². The van der Waals surface area contributed by atoms with E-state index in [1.807, 2.05) is 0 Å². The van der Waals surface area contributed by atoms with Crippen LogP contribution in [0.25, 0.3) is 22.2 Å². The summed E-state index contributed by atoms with van der Waals surface area (Å²) < 4.78 is 65.1. The van der Waals surface area contributed by atoms with Crippen molar-refractivity contribution in [2.24, 2.45) is 0 Å². The highest BCUT2D eigenvalue weighted by Crippen LogP contribution is 2.58. The molecular formula is C22H25FN8O11P2S2. The van der Waals surface area contributed by atoms with E-state index in [4.69, 9.17) is 45.1 Å². The van der Waals surface area contributed by atoms with Crippen LogP contribution in [0.2, 0.25) is 0 Å². The number of nitrogens with zero attached hydrogens (tertiary/aromatic N) is 6. The molecule has 4 aromatic heterocycles. The Labute approximate surface area is 266 Å². The van der Waals surface area contributed by atoms with E-state index in [9.17, 15) is 28.9 Å². The molecule has 0 amide bonds. The Morgan fingerprint density at radius 2 is 1.83 bits per heavy atom. The van der Waals surface area contributed by atoms with E-state index < -0.39 is 80.6 Å². The number of ether oxygens (including phenoxy) is 2. The number of nitrogen functional groups attached to an aromatic ring is 1. The van der Waals surface area contributed by atoms with Gasteiger partial charge in [0.15, 0.2) is 35.4 Å². The molecule has 3 fully saturated rings. The number of thiol groups is 1. The second kappa shape index (κ2) is 11.9. The number of hydrogen-bond acceptors (Lipinski definition) is 16. The molecule has 7 rings (SSSR count). The molecule has 248 valence electrons. The van der Waals surface area contributed by atoms with E-state index in [-0.39, 0.29) is 41.0 Å². The van der Waals surface area contributed by atoms with Crippen LogP contribution in [-0.2, 0) is 43.9 Å². The molecular weight excluding hydrogens is 697 g/mol. The number of hydrogen-bond donors (Lipinski definition) is 6. The van der Waals surface area contributed by atoms with E-state index in [1.54, 1.807) is 0 Å². The van der Waals surface area contributed by atoms with Gasteiger partial charge in [0.2, 0.25) is 0 Å². The zero-order chi connectivity index (χ0) is 32.5.